The molecule has 0 aromatic carbocycles. The molecule has 2 N–H and O–H groups in total. The Kier molecular flexibility index (Phi) is 6.60. The van der Waals surface area contributed by atoms with Crippen molar-refractivity contribution in [3.63, 3.8) is 0 Å². The quantitative estimate of drug-likeness (QED) is 0.596. The number of rotatable bonds is 10. The second-order valence-corrected chi connectivity index (χ2v) is 5.38. The zero-order valence-electron chi connectivity index (χ0n) is 11.9. The van der Waals surface area contributed by atoms with Crippen molar-refractivity contribution in [2.75, 3.05) is 40.3 Å². The fraction of sp³-hybridized carbons (Fsp3) is 0.923. The van der Waals surface area contributed by atoms with Crippen LogP contribution in [0.25, 0.3) is 0 Å². The fourth-order valence-electron chi connectivity index (χ4n) is 1.98. The first-order valence-electron chi connectivity index (χ1n) is 6.88. The summed E-state index contributed by atoms with van der Waals surface area (Å²) in [6.45, 7) is 5.61. The monoisotopic (exact) mass is 257 g/mol. The van der Waals surface area contributed by atoms with Crippen LogP contribution in [0.5, 0.6) is 0 Å². The van der Waals surface area contributed by atoms with Gasteiger partial charge in [0.15, 0.2) is 0 Å². The van der Waals surface area contributed by atoms with Crippen molar-refractivity contribution in [2.45, 2.75) is 38.3 Å². The molecule has 1 aliphatic rings. The van der Waals surface area contributed by atoms with Gasteiger partial charge >= 0.3 is 5.97 Å². The Morgan fingerprint density at radius 3 is 2.50 bits per heavy atom. The number of aliphatic carboxylic acids is 1. The average Bonchev–Trinajstić information content (AvgIpc) is 3.09. The lowest BCUT2D eigenvalue weighted by Crippen LogP contribution is -2.47. The zero-order chi connectivity index (χ0) is 13.5. The van der Waals surface area contributed by atoms with Gasteiger partial charge in [0.1, 0.15) is 6.04 Å². The van der Waals surface area contributed by atoms with Gasteiger partial charge in [-0.2, -0.15) is 0 Å². The first-order chi connectivity index (χ1) is 8.52. The van der Waals surface area contributed by atoms with Crippen molar-refractivity contribution in [1.82, 2.24) is 15.1 Å². The van der Waals surface area contributed by atoms with Gasteiger partial charge in [-0.15, -0.1) is 0 Å². The van der Waals surface area contributed by atoms with Crippen molar-refractivity contribution in [3.8, 4) is 0 Å². The molecule has 0 aromatic rings. The van der Waals surface area contributed by atoms with Crippen molar-refractivity contribution in [2.24, 2.45) is 0 Å². The molecule has 1 fully saturated rings. The average molecular weight is 257 g/mol. The summed E-state index contributed by atoms with van der Waals surface area (Å²) in [6, 6.07) is 0.0170. The standard InChI is InChI=1S/C13H27N3O2/c1-4-16(9-5-8-15(2)3)10-12(13(17)18)14-11-6-7-11/h11-12,14H,4-10H2,1-3H3,(H,17,18). The normalized spacial score (nSPS) is 17.4. The van der Waals surface area contributed by atoms with Gasteiger partial charge in [0, 0.05) is 12.6 Å². The highest BCUT2D eigenvalue weighted by Crippen LogP contribution is 2.19. The molecule has 0 aromatic heterocycles. The molecule has 5 heteroatoms. The zero-order valence-corrected chi connectivity index (χ0v) is 11.9. The maximum atomic E-state index is 11.2. The topological polar surface area (TPSA) is 55.8 Å². The SMILES string of the molecule is CCN(CCCN(C)C)CC(NC1CC1)C(=O)O. The summed E-state index contributed by atoms with van der Waals surface area (Å²) in [5.74, 6) is -0.729. The molecular formula is C13H27N3O2. The van der Waals surface area contributed by atoms with Gasteiger partial charge in [0.05, 0.1) is 0 Å². The molecule has 18 heavy (non-hydrogen) atoms. The Morgan fingerprint density at radius 1 is 1.39 bits per heavy atom. The minimum Gasteiger partial charge on any atom is -0.480 e. The van der Waals surface area contributed by atoms with E-state index in [0.29, 0.717) is 12.6 Å². The Hall–Kier alpha value is -0.650. The fourth-order valence-corrected chi connectivity index (χ4v) is 1.98. The Bertz CT molecular complexity index is 255. The maximum absolute atomic E-state index is 11.2. The van der Waals surface area contributed by atoms with Crippen molar-refractivity contribution >= 4 is 5.97 Å². The van der Waals surface area contributed by atoms with Gasteiger partial charge in [-0.05, 0) is 53.0 Å². The minimum absolute atomic E-state index is 0.420. The molecule has 0 saturated heterocycles. The Morgan fingerprint density at radius 2 is 2.06 bits per heavy atom. The maximum Gasteiger partial charge on any atom is 0.322 e. The second kappa shape index (κ2) is 7.71. The molecule has 0 spiro atoms. The van der Waals surface area contributed by atoms with Crippen LogP contribution in [-0.2, 0) is 4.79 Å². The van der Waals surface area contributed by atoms with E-state index in [1.165, 1.54) is 0 Å². The number of carbonyl (C=O) groups is 1. The van der Waals surface area contributed by atoms with Gasteiger partial charge in [-0.3, -0.25) is 4.79 Å². The number of likely N-dealkylation sites (N-methyl/N-ethyl adjacent to an activating group) is 1. The third-order valence-electron chi connectivity index (χ3n) is 3.28. The van der Waals surface area contributed by atoms with Crippen LogP contribution >= 0.6 is 0 Å². The first-order valence-corrected chi connectivity index (χ1v) is 6.88. The third-order valence-corrected chi connectivity index (χ3v) is 3.28. The summed E-state index contributed by atoms with van der Waals surface area (Å²) < 4.78 is 0. The molecule has 5 nitrogen and oxygen atoms in total. The summed E-state index contributed by atoms with van der Waals surface area (Å²) in [4.78, 5) is 15.6. The van der Waals surface area contributed by atoms with Crippen molar-refractivity contribution < 1.29 is 9.90 Å². The summed E-state index contributed by atoms with van der Waals surface area (Å²) in [6.07, 6.45) is 3.32. The number of carboxylic acid groups (broad SMARTS) is 1. The van der Waals surface area contributed by atoms with E-state index in [1.807, 2.05) is 0 Å². The van der Waals surface area contributed by atoms with Gasteiger partial charge in [-0.25, -0.2) is 0 Å². The molecule has 0 amide bonds. The van der Waals surface area contributed by atoms with E-state index in [2.05, 4.69) is 36.1 Å². The second-order valence-electron chi connectivity index (χ2n) is 5.38. The highest BCUT2D eigenvalue weighted by Gasteiger charge is 2.29. The van der Waals surface area contributed by atoms with E-state index in [0.717, 1.165) is 38.9 Å². The van der Waals surface area contributed by atoms with Gasteiger partial charge in [0.25, 0.3) is 0 Å². The van der Waals surface area contributed by atoms with Crippen LogP contribution in [0.1, 0.15) is 26.2 Å². The predicted octanol–water partition coefficient (Wildman–Crippen LogP) is 0.465. The van der Waals surface area contributed by atoms with Crippen LogP contribution in [0.2, 0.25) is 0 Å². The number of nitrogens with one attached hydrogen (secondary N) is 1. The van der Waals surface area contributed by atoms with Crippen molar-refractivity contribution in [1.29, 1.82) is 0 Å². The van der Waals surface area contributed by atoms with E-state index >= 15 is 0 Å². The minimum atomic E-state index is -0.729. The van der Waals surface area contributed by atoms with Crippen LogP contribution in [0.3, 0.4) is 0 Å². The van der Waals surface area contributed by atoms with E-state index in [1.54, 1.807) is 0 Å². The first kappa shape index (κ1) is 15.4. The van der Waals surface area contributed by atoms with Gasteiger partial charge < -0.3 is 20.2 Å². The van der Waals surface area contributed by atoms with Crippen LogP contribution in [0.4, 0.5) is 0 Å². The molecule has 1 aliphatic carbocycles. The predicted molar refractivity (Wildman–Crippen MR) is 72.9 cm³/mol. The van der Waals surface area contributed by atoms with E-state index < -0.39 is 12.0 Å². The van der Waals surface area contributed by atoms with Gasteiger partial charge in [0.2, 0.25) is 0 Å². The molecule has 1 saturated carbocycles. The molecule has 0 aliphatic heterocycles. The molecule has 0 radical (unpaired) electrons. The summed E-state index contributed by atoms with van der Waals surface area (Å²) in [5, 5.41) is 12.4. The number of hydrogen-bond donors (Lipinski definition) is 2. The smallest absolute Gasteiger partial charge is 0.322 e. The van der Waals surface area contributed by atoms with Crippen LogP contribution in [-0.4, -0.2) is 73.2 Å². The molecule has 1 atom stereocenters. The van der Waals surface area contributed by atoms with Crippen LogP contribution < -0.4 is 5.32 Å². The molecule has 0 bridgehead atoms. The Labute approximate surface area is 110 Å². The summed E-state index contributed by atoms with van der Waals surface area (Å²) in [5.41, 5.74) is 0. The lowest BCUT2D eigenvalue weighted by Gasteiger charge is -2.25. The molecular weight excluding hydrogens is 230 g/mol. The van der Waals surface area contributed by atoms with Crippen LogP contribution in [0.15, 0.2) is 0 Å². The lowest BCUT2D eigenvalue weighted by atomic mass is 10.2. The highest BCUT2D eigenvalue weighted by atomic mass is 16.4. The van der Waals surface area contributed by atoms with Crippen molar-refractivity contribution in [3.05, 3.63) is 0 Å². The third kappa shape index (κ3) is 6.33. The van der Waals surface area contributed by atoms with E-state index in [4.69, 9.17) is 0 Å². The summed E-state index contributed by atoms with van der Waals surface area (Å²) >= 11 is 0. The van der Waals surface area contributed by atoms with Gasteiger partial charge in [-0.1, -0.05) is 6.92 Å². The van der Waals surface area contributed by atoms with Crippen LogP contribution in [0, 0.1) is 0 Å². The molecule has 1 unspecified atom stereocenters. The highest BCUT2D eigenvalue weighted by molar-refractivity contribution is 5.73. The lowest BCUT2D eigenvalue weighted by molar-refractivity contribution is -0.140. The molecule has 0 heterocycles. The summed E-state index contributed by atoms with van der Waals surface area (Å²) in [7, 11) is 4.12. The Balaban J connectivity index is 2.30. The molecule has 106 valence electrons. The van der Waals surface area contributed by atoms with E-state index in [-0.39, 0.29) is 0 Å². The number of nitrogens with zero attached hydrogens (tertiary/aromatic N) is 2. The number of carboxylic acids is 1. The largest absolute Gasteiger partial charge is 0.480 e. The number of hydrogen-bond acceptors (Lipinski definition) is 4. The van der Waals surface area contributed by atoms with E-state index in [9.17, 15) is 9.90 Å². The molecule has 1 rings (SSSR count).